The number of nitrogens with zero attached hydrogens (tertiary/aromatic N) is 1. The van der Waals surface area contributed by atoms with Crippen LogP contribution in [0.2, 0.25) is 0 Å². The summed E-state index contributed by atoms with van der Waals surface area (Å²) in [6.45, 7) is 7.66. The maximum atomic E-state index is 5.32. The van der Waals surface area contributed by atoms with E-state index in [2.05, 4.69) is 15.6 Å². The predicted molar refractivity (Wildman–Crippen MR) is 109 cm³/mol. The zero-order valence-corrected chi connectivity index (χ0v) is 17.4. The first-order valence-corrected chi connectivity index (χ1v) is 8.05. The Bertz CT molecular complexity index is 484. The lowest BCUT2D eigenvalue weighted by atomic mass is 10.1. The smallest absolute Gasteiger partial charge is 0.191 e. The molecule has 0 aromatic heterocycles. The van der Waals surface area contributed by atoms with Gasteiger partial charge in [0.05, 0.1) is 27.4 Å². The van der Waals surface area contributed by atoms with Crippen molar-refractivity contribution in [2.24, 2.45) is 4.99 Å². The van der Waals surface area contributed by atoms with E-state index in [0.717, 1.165) is 43.6 Å². The summed E-state index contributed by atoms with van der Waals surface area (Å²) in [6.07, 6.45) is 0.871. The lowest BCUT2D eigenvalue weighted by Gasteiger charge is -2.12. The second-order valence-electron chi connectivity index (χ2n) is 4.82. The van der Waals surface area contributed by atoms with Crippen molar-refractivity contribution >= 4 is 29.9 Å². The Morgan fingerprint density at radius 1 is 1.08 bits per heavy atom. The van der Waals surface area contributed by atoms with Gasteiger partial charge in [0, 0.05) is 19.7 Å². The second-order valence-corrected chi connectivity index (χ2v) is 4.82. The van der Waals surface area contributed by atoms with Crippen LogP contribution in [0.4, 0.5) is 0 Å². The summed E-state index contributed by atoms with van der Waals surface area (Å²) >= 11 is 0. The van der Waals surface area contributed by atoms with Gasteiger partial charge in [-0.2, -0.15) is 0 Å². The highest BCUT2D eigenvalue weighted by atomic mass is 127. The summed E-state index contributed by atoms with van der Waals surface area (Å²) < 4.78 is 15.9. The van der Waals surface area contributed by atoms with E-state index in [4.69, 9.17) is 14.2 Å². The van der Waals surface area contributed by atoms with Crippen LogP contribution in [0.5, 0.6) is 11.5 Å². The minimum Gasteiger partial charge on any atom is -0.493 e. The van der Waals surface area contributed by atoms with Crippen molar-refractivity contribution in [2.75, 3.05) is 47.1 Å². The number of ether oxygens (including phenoxy) is 3. The number of benzene rings is 1. The third-order valence-corrected chi connectivity index (χ3v) is 3.21. The van der Waals surface area contributed by atoms with Crippen LogP contribution in [0.3, 0.4) is 0 Å². The number of halogens is 1. The van der Waals surface area contributed by atoms with Gasteiger partial charge in [0.25, 0.3) is 0 Å². The summed E-state index contributed by atoms with van der Waals surface area (Å²) in [6, 6.07) is 5.97. The molecule has 7 heteroatoms. The first-order chi connectivity index (χ1) is 11.2. The Balaban J connectivity index is 0.00000529. The fourth-order valence-electron chi connectivity index (χ4n) is 2.07. The van der Waals surface area contributed by atoms with Crippen LogP contribution < -0.4 is 20.1 Å². The highest BCUT2D eigenvalue weighted by Crippen LogP contribution is 2.27. The van der Waals surface area contributed by atoms with Gasteiger partial charge in [0.1, 0.15) is 0 Å². The molecule has 0 atom stereocenters. The van der Waals surface area contributed by atoms with Crippen LogP contribution >= 0.6 is 24.0 Å². The Hall–Kier alpha value is -1.22. The second kappa shape index (κ2) is 14.2. The first kappa shape index (κ1) is 22.8. The fraction of sp³-hybridized carbons (Fsp3) is 0.588. The van der Waals surface area contributed by atoms with E-state index in [1.54, 1.807) is 14.2 Å². The normalized spacial score (nSPS) is 10.8. The van der Waals surface area contributed by atoms with Crippen molar-refractivity contribution < 1.29 is 14.2 Å². The summed E-state index contributed by atoms with van der Waals surface area (Å²) in [5.74, 6) is 2.31. The minimum absolute atomic E-state index is 0. The zero-order valence-electron chi connectivity index (χ0n) is 15.1. The molecule has 0 spiro atoms. The van der Waals surface area contributed by atoms with Gasteiger partial charge in [0.2, 0.25) is 0 Å². The molecule has 1 aromatic carbocycles. The molecule has 0 heterocycles. The average Bonchev–Trinajstić information content (AvgIpc) is 2.58. The molecule has 0 aliphatic carbocycles. The molecule has 24 heavy (non-hydrogen) atoms. The molecule has 1 rings (SSSR count). The van der Waals surface area contributed by atoms with Crippen LogP contribution in [0.1, 0.15) is 19.4 Å². The van der Waals surface area contributed by atoms with Gasteiger partial charge < -0.3 is 24.8 Å². The maximum Gasteiger partial charge on any atom is 0.191 e. The average molecular weight is 451 g/mol. The standard InChI is InChI=1S/C17H29N3O3.HI/c1-5-18-17(20-11-12-23-6-2)19-10-9-14-7-8-15(21-3)16(13-14)22-4;/h7-8,13H,5-6,9-12H2,1-4H3,(H2,18,19,20);1H. The zero-order chi connectivity index (χ0) is 16.9. The van der Waals surface area contributed by atoms with Crippen LogP contribution in [-0.2, 0) is 11.2 Å². The summed E-state index contributed by atoms with van der Waals surface area (Å²) in [4.78, 5) is 4.47. The molecule has 6 nitrogen and oxygen atoms in total. The van der Waals surface area contributed by atoms with Gasteiger partial charge in [-0.25, -0.2) is 0 Å². The van der Waals surface area contributed by atoms with E-state index >= 15 is 0 Å². The molecular formula is C17H30IN3O3. The van der Waals surface area contributed by atoms with Gasteiger partial charge in [-0.05, 0) is 38.0 Å². The van der Waals surface area contributed by atoms with Crippen molar-refractivity contribution in [1.82, 2.24) is 10.6 Å². The van der Waals surface area contributed by atoms with Crippen molar-refractivity contribution in [3.63, 3.8) is 0 Å². The van der Waals surface area contributed by atoms with Crippen molar-refractivity contribution in [3.05, 3.63) is 23.8 Å². The number of guanidine groups is 1. The van der Waals surface area contributed by atoms with E-state index in [-0.39, 0.29) is 24.0 Å². The third kappa shape index (κ3) is 8.58. The number of aliphatic imine (C=N–C) groups is 1. The minimum atomic E-state index is 0. The molecule has 0 radical (unpaired) electrons. The Kier molecular flexibility index (Phi) is 13.4. The van der Waals surface area contributed by atoms with Crippen LogP contribution in [0, 0.1) is 0 Å². The quantitative estimate of drug-likeness (QED) is 0.248. The van der Waals surface area contributed by atoms with Crippen molar-refractivity contribution in [2.45, 2.75) is 20.3 Å². The van der Waals surface area contributed by atoms with E-state index in [0.29, 0.717) is 13.2 Å². The Morgan fingerprint density at radius 2 is 1.83 bits per heavy atom. The van der Waals surface area contributed by atoms with Gasteiger partial charge >= 0.3 is 0 Å². The Labute approximate surface area is 162 Å². The first-order valence-electron chi connectivity index (χ1n) is 8.05. The van der Waals surface area contributed by atoms with Gasteiger partial charge in [-0.3, -0.25) is 4.99 Å². The van der Waals surface area contributed by atoms with Gasteiger partial charge in [0.15, 0.2) is 17.5 Å². The lowest BCUT2D eigenvalue weighted by Crippen LogP contribution is -2.38. The molecule has 0 aliphatic heterocycles. The van der Waals surface area contributed by atoms with Crippen molar-refractivity contribution in [1.29, 1.82) is 0 Å². The van der Waals surface area contributed by atoms with Crippen LogP contribution in [0.25, 0.3) is 0 Å². The number of methoxy groups -OCH3 is 2. The molecule has 2 N–H and O–H groups in total. The molecule has 0 saturated carbocycles. The summed E-state index contributed by atoms with van der Waals surface area (Å²) in [5, 5.41) is 6.55. The third-order valence-electron chi connectivity index (χ3n) is 3.21. The molecule has 0 saturated heterocycles. The maximum absolute atomic E-state index is 5.32. The molecule has 0 amide bonds. The number of nitrogens with one attached hydrogen (secondary N) is 2. The largest absolute Gasteiger partial charge is 0.493 e. The highest BCUT2D eigenvalue weighted by Gasteiger charge is 2.04. The molecule has 0 fully saturated rings. The Morgan fingerprint density at radius 3 is 2.46 bits per heavy atom. The fourth-order valence-corrected chi connectivity index (χ4v) is 2.07. The monoisotopic (exact) mass is 451 g/mol. The number of rotatable bonds is 10. The number of hydrogen-bond donors (Lipinski definition) is 2. The van der Waals surface area contributed by atoms with Crippen LogP contribution in [-0.4, -0.2) is 53.0 Å². The van der Waals surface area contributed by atoms with Gasteiger partial charge in [-0.1, -0.05) is 6.07 Å². The molecule has 1 aromatic rings. The number of hydrogen-bond acceptors (Lipinski definition) is 4. The molecular weight excluding hydrogens is 421 g/mol. The summed E-state index contributed by atoms with van der Waals surface area (Å²) in [7, 11) is 3.29. The van der Waals surface area contributed by atoms with E-state index in [9.17, 15) is 0 Å². The molecule has 138 valence electrons. The van der Waals surface area contributed by atoms with Gasteiger partial charge in [-0.15, -0.1) is 24.0 Å². The molecule has 0 bridgehead atoms. The van der Waals surface area contributed by atoms with E-state index < -0.39 is 0 Å². The predicted octanol–water partition coefficient (Wildman–Crippen LogP) is 2.46. The lowest BCUT2D eigenvalue weighted by molar-refractivity contribution is 0.155. The highest BCUT2D eigenvalue weighted by molar-refractivity contribution is 14.0. The SMILES string of the molecule is CCNC(=NCCOCC)NCCc1ccc(OC)c(OC)c1.I. The van der Waals surface area contributed by atoms with Crippen molar-refractivity contribution in [3.8, 4) is 11.5 Å². The van der Waals surface area contributed by atoms with E-state index in [1.165, 1.54) is 5.56 Å². The molecule has 0 aliphatic rings. The molecule has 0 unspecified atom stereocenters. The van der Waals surface area contributed by atoms with Crippen LogP contribution in [0.15, 0.2) is 23.2 Å². The summed E-state index contributed by atoms with van der Waals surface area (Å²) in [5.41, 5.74) is 1.18. The van der Waals surface area contributed by atoms with E-state index in [1.807, 2.05) is 32.0 Å². The topological polar surface area (TPSA) is 64.1 Å².